The van der Waals surface area contributed by atoms with E-state index in [0.717, 1.165) is 25.8 Å². The Labute approximate surface area is 131 Å². The van der Waals surface area contributed by atoms with Gasteiger partial charge in [-0.15, -0.1) is 11.3 Å². The minimum atomic E-state index is -3.40. The normalized spacial score (nSPS) is 18.3. The predicted molar refractivity (Wildman–Crippen MR) is 85.5 cm³/mol. The smallest absolute Gasteiger partial charge is 0.256 e. The number of hydrogen-bond donors (Lipinski definition) is 0. The first-order chi connectivity index (χ1) is 9.95. The molecule has 2 heterocycles. The molecule has 0 aliphatic carbocycles. The van der Waals surface area contributed by atoms with Crippen molar-refractivity contribution in [2.75, 3.05) is 40.8 Å². The molecule has 2 rings (SSSR count). The van der Waals surface area contributed by atoms with Crippen LogP contribution in [0, 0.1) is 5.92 Å². The van der Waals surface area contributed by atoms with Crippen LogP contribution in [-0.2, 0) is 10.0 Å². The second-order valence-electron chi connectivity index (χ2n) is 5.72. The van der Waals surface area contributed by atoms with E-state index in [-0.39, 0.29) is 0 Å². The monoisotopic (exact) mass is 332 g/mol. The van der Waals surface area contributed by atoms with Crippen LogP contribution < -0.4 is 4.74 Å². The topological polar surface area (TPSA) is 49.9 Å². The summed E-state index contributed by atoms with van der Waals surface area (Å²) < 4.78 is 32.4. The van der Waals surface area contributed by atoms with Gasteiger partial charge in [-0.05, 0) is 57.3 Å². The molecule has 0 bridgehead atoms. The second kappa shape index (κ2) is 7.09. The highest BCUT2D eigenvalue weighted by molar-refractivity contribution is 7.91. The molecule has 5 nitrogen and oxygen atoms in total. The van der Waals surface area contributed by atoms with Gasteiger partial charge in [0.25, 0.3) is 10.0 Å². The van der Waals surface area contributed by atoms with Gasteiger partial charge in [0.15, 0.2) is 4.21 Å². The maximum absolute atomic E-state index is 12.6. The zero-order chi connectivity index (χ0) is 15.5. The summed E-state index contributed by atoms with van der Waals surface area (Å²) in [6.45, 7) is 2.29. The second-order valence-corrected chi connectivity index (χ2v) is 8.77. The summed E-state index contributed by atoms with van der Waals surface area (Å²) in [6, 6.07) is 1.71. The summed E-state index contributed by atoms with van der Waals surface area (Å²) in [5, 5.41) is 1.76. The van der Waals surface area contributed by atoms with E-state index >= 15 is 0 Å². The lowest BCUT2D eigenvalue weighted by atomic mass is 9.94. The molecular weight excluding hydrogens is 308 g/mol. The highest BCUT2D eigenvalue weighted by atomic mass is 32.2. The first kappa shape index (κ1) is 16.7. The van der Waals surface area contributed by atoms with Gasteiger partial charge in [-0.2, -0.15) is 4.31 Å². The molecule has 21 heavy (non-hydrogen) atoms. The van der Waals surface area contributed by atoms with Crippen molar-refractivity contribution >= 4 is 21.4 Å². The van der Waals surface area contributed by atoms with E-state index in [1.807, 2.05) is 0 Å². The SMILES string of the molecule is COc1ccsc1S(=O)(=O)N1CCC(CCN(C)C)CC1. The van der Waals surface area contributed by atoms with Gasteiger partial charge in [-0.1, -0.05) is 0 Å². The zero-order valence-corrected chi connectivity index (χ0v) is 14.5. The molecule has 1 aromatic rings. The van der Waals surface area contributed by atoms with Crippen LogP contribution in [0.2, 0.25) is 0 Å². The van der Waals surface area contributed by atoms with Crippen LogP contribution >= 0.6 is 11.3 Å². The molecule has 0 amide bonds. The van der Waals surface area contributed by atoms with Crippen molar-refractivity contribution in [2.24, 2.45) is 5.92 Å². The Morgan fingerprint density at radius 1 is 1.38 bits per heavy atom. The lowest BCUT2D eigenvalue weighted by molar-refractivity contribution is 0.243. The minimum Gasteiger partial charge on any atom is -0.494 e. The van der Waals surface area contributed by atoms with Crippen LogP contribution in [0.4, 0.5) is 0 Å². The molecule has 1 fully saturated rings. The summed E-state index contributed by atoms with van der Waals surface area (Å²) in [5.41, 5.74) is 0. The number of piperidine rings is 1. The summed E-state index contributed by atoms with van der Waals surface area (Å²) >= 11 is 1.23. The Bertz CT molecular complexity index is 546. The highest BCUT2D eigenvalue weighted by Crippen LogP contribution is 2.34. The number of hydrogen-bond acceptors (Lipinski definition) is 5. The molecule has 1 aliphatic rings. The van der Waals surface area contributed by atoms with Crippen molar-refractivity contribution in [3.8, 4) is 5.75 Å². The van der Waals surface area contributed by atoms with Gasteiger partial charge in [0.05, 0.1) is 7.11 Å². The van der Waals surface area contributed by atoms with E-state index < -0.39 is 10.0 Å². The molecule has 7 heteroatoms. The van der Waals surface area contributed by atoms with Crippen LogP contribution in [0.25, 0.3) is 0 Å². The van der Waals surface area contributed by atoms with Gasteiger partial charge < -0.3 is 9.64 Å². The molecule has 1 aromatic heterocycles. The molecule has 1 saturated heterocycles. The largest absolute Gasteiger partial charge is 0.494 e. The van der Waals surface area contributed by atoms with Gasteiger partial charge in [0, 0.05) is 13.1 Å². The maximum Gasteiger partial charge on any atom is 0.256 e. The van der Waals surface area contributed by atoms with Crippen LogP contribution in [0.1, 0.15) is 19.3 Å². The molecule has 0 saturated carbocycles. The Kier molecular flexibility index (Phi) is 5.65. The van der Waals surface area contributed by atoms with Crippen molar-refractivity contribution in [1.82, 2.24) is 9.21 Å². The Morgan fingerprint density at radius 3 is 2.62 bits per heavy atom. The van der Waals surface area contributed by atoms with Gasteiger partial charge in [-0.25, -0.2) is 8.42 Å². The van der Waals surface area contributed by atoms with E-state index in [1.165, 1.54) is 18.4 Å². The highest BCUT2D eigenvalue weighted by Gasteiger charge is 2.32. The molecule has 0 spiro atoms. The molecule has 120 valence electrons. The summed E-state index contributed by atoms with van der Waals surface area (Å²) in [7, 11) is 2.25. The van der Waals surface area contributed by atoms with E-state index in [0.29, 0.717) is 29.0 Å². The standard InChI is InChI=1S/C14H24N2O3S2/c1-15(2)8-4-12-5-9-16(10-6-12)21(17,18)14-13(19-3)7-11-20-14/h7,11-12H,4-6,8-10H2,1-3H3. The Morgan fingerprint density at radius 2 is 2.05 bits per heavy atom. The van der Waals surface area contributed by atoms with E-state index in [2.05, 4.69) is 19.0 Å². The molecule has 0 unspecified atom stereocenters. The lowest BCUT2D eigenvalue weighted by Crippen LogP contribution is -2.38. The van der Waals surface area contributed by atoms with Crippen molar-refractivity contribution in [2.45, 2.75) is 23.5 Å². The number of nitrogens with zero attached hydrogens (tertiary/aromatic N) is 2. The lowest BCUT2D eigenvalue weighted by Gasteiger charge is -2.31. The molecule has 1 aliphatic heterocycles. The summed E-state index contributed by atoms with van der Waals surface area (Å²) in [6.07, 6.45) is 3.03. The van der Waals surface area contributed by atoms with Gasteiger partial charge in [0.1, 0.15) is 5.75 Å². The van der Waals surface area contributed by atoms with Gasteiger partial charge >= 0.3 is 0 Å². The summed E-state index contributed by atoms with van der Waals surface area (Å²) in [5.74, 6) is 1.08. The number of sulfonamides is 1. The van der Waals surface area contributed by atoms with Crippen molar-refractivity contribution < 1.29 is 13.2 Å². The predicted octanol–water partition coefficient (Wildman–Crippen LogP) is 2.11. The minimum absolute atomic E-state index is 0.330. The fourth-order valence-corrected chi connectivity index (χ4v) is 5.50. The van der Waals surface area contributed by atoms with Crippen LogP contribution in [0.5, 0.6) is 5.75 Å². The fourth-order valence-electron chi connectivity index (χ4n) is 2.62. The van der Waals surface area contributed by atoms with Crippen LogP contribution in [0.15, 0.2) is 15.7 Å². The molecule has 0 atom stereocenters. The molecule has 0 radical (unpaired) electrons. The van der Waals surface area contributed by atoms with Crippen LogP contribution in [-0.4, -0.2) is 58.5 Å². The first-order valence-electron chi connectivity index (χ1n) is 7.21. The third-order valence-corrected chi connectivity index (χ3v) is 7.27. The number of ether oxygens (including phenoxy) is 1. The van der Waals surface area contributed by atoms with Gasteiger partial charge in [-0.3, -0.25) is 0 Å². The maximum atomic E-state index is 12.6. The van der Waals surface area contributed by atoms with Crippen molar-refractivity contribution in [3.63, 3.8) is 0 Å². The van der Waals surface area contributed by atoms with E-state index in [1.54, 1.807) is 15.8 Å². The average molecular weight is 332 g/mol. The third kappa shape index (κ3) is 3.97. The van der Waals surface area contributed by atoms with E-state index in [9.17, 15) is 8.42 Å². The van der Waals surface area contributed by atoms with Gasteiger partial charge in [0.2, 0.25) is 0 Å². The Hall–Kier alpha value is -0.630. The number of methoxy groups -OCH3 is 1. The van der Waals surface area contributed by atoms with Crippen LogP contribution in [0.3, 0.4) is 0 Å². The van der Waals surface area contributed by atoms with E-state index in [4.69, 9.17) is 4.74 Å². The average Bonchev–Trinajstić information content (AvgIpc) is 2.94. The molecule has 0 aromatic carbocycles. The first-order valence-corrected chi connectivity index (χ1v) is 9.53. The third-order valence-electron chi connectivity index (χ3n) is 3.95. The van der Waals surface area contributed by atoms with Crippen molar-refractivity contribution in [3.05, 3.63) is 11.4 Å². The quantitative estimate of drug-likeness (QED) is 0.800. The Balaban J connectivity index is 1.98. The number of thiophene rings is 1. The number of rotatable bonds is 6. The van der Waals surface area contributed by atoms with Crippen molar-refractivity contribution in [1.29, 1.82) is 0 Å². The molecule has 0 N–H and O–H groups in total. The fraction of sp³-hybridized carbons (Fsp3) is 0.714. The zero-order valence-electron chi connectivity index (χ0n) is 12.9. The molecular formula is C14H24N2O3S2. The summed E-state index contributed by atoms with van der Waals surface area (Å²) in [4.78, 5) is 2.18.